The van der Waals surface area contributed by atoms with Crippen LogP contribution in [0.2, 0.25) is 0 Å². The summed E-state index contributed by atoms with van der Waals surface area (Å²) in [5, 5.41) is 5.42. The number of nitrogens with zero attached hydrogens (tertiary/aromatic N) is 1. The number of rotatable bonds is 11. The number of ether oxygens (including phenoxy) is 1. The van der Waals surface area contributed by atoms with Crippen LogP contribution in [0.3, 0.4) is 0 Å². The lowest BCUT2D eigenvalue weighted by Gasteiger charge is -2.18. The standard InChI is InChI=1S/C21H27N3O5S2/c1-4-24(5-2)31(27,28)19-12-8-17(9-13-19)22-20(25)14-29-18-10-6-16(7-11-18)23-21(26)15-30-3/h6-13H,4-5,14-15H2,1-3H3,(H,22,25)(H,23,26). The molecule has 168 valence electrons. The van der Waals surface area contributed by atoms with Gasteiger partial charge in [-0.25, -0.2) is 8.42 Å². The Morgan fingerprint density at radius 3 is 1.94 bits per heavy atom. The third-order valence-electron chi connectivity index (χ3n) is 4.26. The molecule has 0 saturated heterocycles. The zero-order valence-electron chi connectivity index (χ0n) is 17.8. The van der Waals surface area contributed by atoms with Crippen LogP contribution in [0.4, 0.5) is 11.4 Å². The quantitative estimate of drug-likeness (QED) is 0.529. The highest BCUT2D eigenvalue weighted by atomic mass is 32.2. The van der Waals surface area contributed by atoms with E-state index in [0.29, 0.717) is 36.0 Å². The summed E-state index contributed by atoms with van der Waals surface area (Å²) >= 11 is 1.44. The average Bonchev–Trinajstić information content (AvgIpc) is 2.74. The van der Waals surface area contributed by atoms with Crippen molar-refractivity contribution in [1.29, 1.82) is 0 Å². The van der Waals surface area contributed by atoms with Crippen molar-refractivity contribution in [2.24, 2.45) is 0 Å². The van der Waals surface area contributed by atoms with Crippen molar-refractivity contribution >= 4 is 45.0 Å². The lowest BCUT2D eigenvalue weighted by atomic mass is 10.3. The largest absolute Gasteiger partial charge is 0.484 e. The molecule has 0 aliphatic heterocycles. The maximum Gasteiger partial charge on any atom is 0.262 e. The summed E-state index contributed by atoms with van der Waals surface area (Å²) < 4.78 is 31.8. The first-order valence-electron chi connectivity index (χ1n) is 9.71. The van der Waals surface area contributed by atoms with E-state index in [-0.39, 0.29) is 23.3 Å². The molecule has 2 rings (SSSR count). The Bertz CT molecular complexity index is 973. The predicted octanol–water partition coefficient (Wildman–Crippen LogP) is 3.04. The van der Waals surface area contributed by atoms with Crippen molar-refractivity contribution in [2.75, 3.05) is 42.3 Å². The van der Waals surface area contributed by atoms with Crippen molar-refractivity contribution in [3.8, 4) is 5.75 Å². The molecule has 0 heterocycles. The first-order chi connectivity index (χ1) is 14.8. The molecule has 2 aromatic carbocycles. The fraction of sp³-hybridized carbons (Fsp3) is 0.333. The molecular formula is C21H27N3O5S2. The van der Waals surface area contributed by atoms with E-state index in [4.69, 9.17) is 4.74 Å². The summed E-state index contributed by atoms with van der Waals surface area (Å²) in [5.41, 5.74) is 1.12. The molecule has 2 N–H and O–H groups in total. The first kappa shape index (κ1) is 24.7. The first-order valence-corrected chi connectivity index (χ1v) is 12.5. The van der Waals surface area contributed by atoms with Crippen LogP contribution in [0.25, 0.3) is 0 Å². The summed E-state index contributed by atoms with van der Waals surface area (Å²) in [5.74, 6) is 0.396. The van der Waals surface area contributed by atoms with Gasteiger partial charge in [-0.15, -0.1) is 0 Å². The van der Waals surface area contributed by atoms with Crippen LogP contribution < -0.4 is 15.4 Å². The minimum absolute atomic E-state index is 0.0866. The molecule has 0 radical (unpaired) electrons. The van der Waals surface area contributed by atoms with E-state index < -0.39 is 10.0 Å². The Morgan fingerprint density at radius 1 is 0.903 bits per heavy atom. The van der Waals surface area contributed by atoms with Gasteiger partial charge in [0.25, 0.3) is 5.91 Å². The number of carbonyl (C=O) groups excluding carboxylic acids is 2. The zero-order chi connectivity index (χ0) is 22.9. The number of nitrogens with one attached hydrogen (secondary N) is 2. The van der Waals surface area contributed by atoms with Gasteiger partial charge in [-0.1, -0.05) is 13.8 Å². The van der Waals surface area contributed by atoms with E-state index in [1.54, 1.807) is 50.2 Å². The Kier molecular flexibility index (Phi) is 9.35. The van der Waals surface area contributed by atoms with Crippen LogP contribution >= 0.6 is 11.8 Å². The van der Waals surface area contributed by atoms with Crippen molar-refractivity contribution in [3.63, 3.8) is 0 Å². The molecule has 0 aliphatic carbocycles. The molecule has 0 fully saturated rings. The number of hydrogen-bond acceptors (Lipinski definition) is 6. The van der Waals surface area contributed by atoms with E-state index in [9.17, 15) is 18.0 Å². The molecule has 10 heteroatoms. The number of benzene rings is 2. The Labute approximate surface area is 187 Å². The fourth-order valence-electron chi connectivity index (χ4n) is 2.73. The molecule has 2 aromatic rings. The van der Waals surface area contributed by atoms with Crippen LogP contribution in [0.1, 0.15) is 13.8 Å². The van der Waals surface area contributed by atoms with Gasteiger partial charge in [0.1, 0.15) is 5.75 Å². The van der Waals surface area contributed by atoms with E-state index >= 15 is 0 Å². The molecule has 31 heavy (non-hydrogen) atoms. The fourth-order valence-corrected chi connectivity index (χ4v) is 4.52. The highest BCUT2D eigenvalue weighted by Gasteiger charge is 2.21. The maximum absolute atomic E-state index is 12.5. The van der Waals surface area contributed by atoms with Gasteiger partial charge in [0, 0.05) is 24.5 Å². The van der Waals surface area contributed by atoms with Gasteiger partial charge >= 0.3 is 0 Å². The second kappa shape index (κ2) is 11.7. The van der Waals surface area contributed by atoms with Crippen molar-refractivity contribution in [3.05, 3.63) is 48.5 Å². The molecule has 8 nitrogen and oxygen atoms in total. The Hall–Kier alpha value is -2.56. The summed E-state index contributed by atoms with van der Waals surface area (Å²) in [4.78, 5) is 23.9. The smallest absolute Gasteiger partial charge is 0.262 e. The Morgan fingerprint density at radius 2 is 1.42 bits per heavy atom. The van der Waals surface area contributed by atoms with Crippen LogP contribution in [-0.4, -0.2) is 56.2 Å². The van der Waals surface area contributed by atoms with Crippen molar-refractivity contribution in [1.82, 2.24) is 4.31 Å². The monoisotopic (exact) mass is 465 g/mol. The van der Waals surface area contributed by atoms with E-state index in [1.807, 2.05) is 6.26 Å². The number of carbonyl (C=O) groups is 2. The minimum Gasteiger partial charge on any atom is -0.484 e. The van der Waals surface area contributed by atoms with E-state index in [2.05, 4.69) is 10.6 Å². The van der Waals surface area contributed by atoms with Gasteiger partial charge in [0.2, 0.25) is 15.9 Å². The van der Waals surface area contributed by atoms with E-state index in [1.165, 1.54) is 28.2 Å². The van der Waals surface area contributed by atoms with E-state index in [0.717, 1.165) is 0 Å². The number of thioether (sulfide) groups is 1. The minimum atomic E-state index is -3.54. The number of amides is 2. The van der Waals surface area contributed by atoms with Gasteiger partial charge < -0.3 is 15.4 Å². The van der Waals surface area contributed by atoms with Crippen molar-refractivity contribution < 1.29 is 22.7 Å². The summed E-state index contributed by atoms with van der Waals surface area (Å²) in [6.07, 6.45) is 1.85. The van der Waals surface area contributed by atoms with Gasteiger partial charge in [0.05, 0.1) is 10.6 Å². The van der Waals surface area contributed by atoms with Gasteiger partial charge in [-0.05, 0) is 54.8 Å². The number of sulfonamides is 1. The predicted molar refractivity (Wildman–Crippen MR) is 124 cm³/mol. The summed E-state index contributed by atoms with van der Waals surface area (Å²) in [6.45, 7) is 4.13. The van der Waals surface area contributed by atoms with Gasteiger partial charge in [-0.2, -0.15) is 16.1 Å². The molecule has 0 bridgehead atoms. The molecular weight excluding hydrogens is 438 g/mol. The maximum atomic E-state index is 12.5. The topological polar surface area (TPSA) is 105 Å². The molecule has 0 aliphatic rings. The molecule has 0 aromatic heterocycles. The molecule has 0 saturated carbocycles. The zero-order valence-corrected chi connectivity index (χ0v) is 19.4. The average molecular weight is 466 g/mol. The molecule has 0 unspecified atom stereocenters. The van der Waals surface area contributed by atoms with Crippen LogP contribution in [0.5, 0.6) is 5.75 Å². The highest BCUT2D eigenvalue weighted by Crippen LogP contribution is 2.19. The Balaban J connectivity index is 1.88. The normalized spacial score (nSPS) is 11.2. The van der Waals surface area contributed by atoms with Gasteiger partial charge in [-0.3, -0.25) is 9.59 Å². The highest BCUT2D eigenvalue weighted by molar-refractivity contribution is 7.99. The third-order valence-corrected chi connectivity index (χ3v) is 6.88. The number of hydrogen-bond donors (Lipinski definition) is 2. The molecule has 0 atom stereocenters. The molecule has 2 amide bonds. The van der Waals surface area contributed by atoms with Crippen LogP contribution in [-0.2, 0) is 19.6 Å². The second-order valence-corrected chi connectivity index (χ2v) is 9.26. The van der Waals surface area contributed by atoms with Crippen LogP contribution in [0, 0.1) is 0 Å². The lowest BCUT2D eigenvalue weighted by molar-refractivity contribution is -0.118. The third kappa shape index (κ3) is 7.27. The lowest BCUT2D eigenvalue weighted by Crippen LogP contribution is -2.30. The summed E-state index contributed by atoms with van der Waals surface area (Å²) in [7, 11) is -3.54. The second-order valence-electron chi connectivity index (χ2n) is 6.46. The number of anilines is 2. The van der Waals surface area contributed by atoms with Crippen molar-refractivity contribution in [2.45, 2.75) is 18.7 Å². The van der Waals surface area contributed by atoms with Crippen LogP contribution in [0.15, 0.2) is 53.4 Å². The SMILES string of the molecule is CCN(CC)S(=O)(=O)c1ccc(NC(=O)COc2ccc(NC(=O)CSC)cc2)cc1. The molecule has 0 spiro atoms. The van der Waals surface area contributed by atoms with Gasteiger partial charge in [0.15, 0.2) is 6.61 Å². The summed E-state index contributed by atoms with van der Waals surface area (Å²) in [6, 6.07) is 12.7.